The first kappa shape index (κ1) is 12.5. The third-order valence-electron chi connectivity index (χ3n) is 3.51. The topological polar surface area (TPSA) is 28.2 Å². The predicted molar refractivity (Wildman–Crippen MR) is 66.3 cm³/mol. The van der Waals surface area contributed by atoms with Crippen LogP contribution in [0.2, 0.25) is 0 Å². The van der Waals surface area contributed by atoms with E-state index in [-0.39, 0.29) is 11.9 Å². The quantitative estimate of drug-likeness (QED) is 0.867. The standard InChI is InChI=1S/C13H20FN3/c1-10(13-6-5-11(14)8-16-13)17(2)9-12-4-3-7-15-12/h5-6,8,10,12,15H,3-4,7,9H2,1-2H3. The summed E-state index contributed by atoms with van der Waals surface area (Å²) in [7, 11) is 2.09. The second-order valence-corrected chi connectivity index (χ2v) is 4.81. The lowest BCUT2D eigenvalue weighted by molar-refractivity contribution is 0.234. The maximum absolute atomic E-state index is 12.8. The Bertz CT molecular complexity index is 346. The Kier molecular flexibility index (Phi) is 4.07. The van der Waals surface area contributed by atoms with Gasteiger partial charge in [0.25, 0.3) is 0 Å². The molecule has 1 saturated heterocycles. The van der Waals surface area contributed by atoms with E-state index in [2.05, 4.69) is 29.2 Å². The smallest absolute Gasteiger partial charge is 0.141 e. The van der Waals surface area contributed by atoms with Crippen molar-refractivity contribution in [2.24, 2.45) is 0 Å². The third-order valence-corrected chi connectivity index (χ3v) is 3.51. The van der Waals surface area contributed by atoms with Gasteiger partial charge in [-0.3, -0.25) is 9.88 Å². The SMILES string of the molecule is CC(c1ccc(F)cn1)N(C)CC1CCCN1. The van der Waals surface area contributed by atoms with Crippen molar-refractivity contribution in [1.82, 2.24) is 15.2 Å². The number of hydrogen-bond donors (Lipinski definition) is 1. The van der Waals surface area contributed by atoms with Gasteiger partial charge in [-0.05, 0) is 45.5 Å². The molecule has 1 aliphatic rings. The average Bonchev–Trinajstić information content (AvgIpc) is 2.82. The van der Waals surface area contributed by atoms with Crippen LogP contribution in [0.5, 0.6) is 0 Å². The first-order valence-corrected chi connectivity index (χ1v) is 6.22. The number of aromatic nitrogens is 1. The second-order valence-electron chi connectivity index (χ2n) is 4.81. The highest BCUT2D eigenvalue weighted by atomic mass is 19.1. The summed E-state index contributed by atoms with van der Waals surface area (Å²) in [6, 6.07) is 4.04. The molecule has 3 nitrogen and oxygen atoms in total. The second kappa shape index (κ2) is 5.56. The lowest BCUT2D eigenvalue weighted by Gasteiger charge is -2.27. The normalized spacial score (nSPS) is 22.0. The van der Waals surface area contributed by atoms with Gasteiger partial charge >= 0.3 is 0 Å². The molecule has 0 radical (unpaired) electrons. The van der Waals surface area contributed by atoms with Gasteiger partial charge in [0.05, 0.1) is 11.9 Å². The van der Waals surface area contributed by atoms with E-state index in [4.69, 9.17) is 0 Å². The Morgan fingerprint density at radius 1 is 1.59 bits per heavy atom. The number of hydrogen-bond acceptors (Lipinski definition) is 3. The molecule has 0 saturated carbocycles. The summed E-state index contributed by atoms with van der Waals surface area (Å²) in [6.45, 7) is 4.25. The average molecular weight is 237 g/mol. The first-order valence-electron chi connectivity index (χ1n) is 6.22. The van der Waals surface area contributed by atoms with E-state index in [1.54, 1.807) is 6.07 Å². The number of nitrogens with one attached hydrogen (secondary N) is 1. The van der Waals surface area contributed by atoms with Crippen molar-refractivity contribution in [2.45, 2.75) is 31.8 Å². The van der Waals surface area contributed by atoms with Gasteiger partial charge in [0.1, 0.15) is 5.82 Å². The molecular formula is C13H20FN3. The Morgan fingerprint density at radius 2 is 2.41 bits per heavy atom. The Morgan fingerprint density at radius 3 is 3.00 bits per heavy atom. The molecule has 0 bridgehead atoms. The highest BCUT2D eigenvalue weighted by Crippen LogP contribution is 2.18. The van der Waals surface area contributed by atoms with E-state index in [1.807, 2.05) is 0 Å². The van der Waals surface area contributed by atoms with Crippen LogP contribution < -0.4 is 5.32 Å². The van der Waals surface area contributed by atoms with Crippen LogP contribution >= 0.6 is 0 Å². The van der Waals surface area contributed by atoms with Crippen LogP contribution in [0.1, 0.15) is 31.5 Å². The van der Waals surface area contributed by atoms with E-state index in [9.17, 15) is 4.39 Å². The largest absolute Gasteiger partial charge is 0.313 e. The molecule has 0 aromatic carbocycles. The van der Waals surface area contributed by atoms with Gasteiger partial charge < -0.3 is 5.32 Å². The van der Waals surface area contributed by atoms with Crippen molar-refractivity contribution >= 4 is 0 Å². The molecule has 1 N–H and O–H groups in total. The molecule has 0 aliphatic carbocycles. The minimum atomic E-state index is -0.277. The Balaban J connectivity index is 1.93. The minimum Gasteiger partial charge on any atom is -0.313 e. The number of likely N-dealkylation sites (N-methyl/N-ethyl adjacent to an activating group) is 1. The molecule has 2 atom stereocenters. The van der Waals surface area contributed by atoms with Crippen LogP contribution in [0.15, 0.2) is 18.3 Å². The van der Waals surface area contributed by atoms with Crippen molar-refractivity contribution < 1.29 is 4.39 Å². The predicted octanol–water partition coefficient (Wildman–Crippen LogP) is 1.97. The van der Waals surface area contributed by atoms with E-state index < -0.39 is 0 Å². The van der Waals surface area contributed by atoms with E-state index in [0.717, 1.165) is 18.8 Å². The molecule has 0 spiro atoms. The number of nitrogens with zero attached hydrogens (tertiary/aromatic N) is 2. The monoisotopic (exact) mass is 237 g/mol. The molecule has 2 rings (SSSR count). The summed E-state index contributed by atoms with van der Waals surface area (Å²) in [5.74, 6) is -0.277. The summed E-state index contributed by atoms with van der Waals surface area (Å²) >= 11 is 0. The molecule has 4 heteroatoms. The van der Waals surface area contributed by atoms with Crippen molar-refractivity contribution in [2.75, 3.05) is 20.1 Å². The third kappa shape index (κ3) is 3.23. The summed E-state index contributed by atoms with van der Waals surface area (Å²) in [5.41, 5.74) is 0.923. The van der Waals surface area contributed by atoms with Gasteiger partial charge in [0.15, 0.2) is 0 Å². The molecule has 2 heterocycles. The Hall–Kier alpha value is -1.00. The van der Waals surface area contributed by atoms with Crippen LogP contribution in [-0.2, 0) is 0 Å². The lowest BCUT2D eigenvalue weighted by atomic mass is 10.1. The highest BCUT2D eigenvalue weighted by molar-refractivity contribution is 5.09. The molecule has 1 fully saturated rings. The maximum atomic E-state index is 12.8. The van der Waals surface area contributed by atoms with E-state index >= 15 is 0 Å². The van der Waals surface area contributed by atoms with Crippen molar-refractivity contribution in [3.63, 3.8) is 0 Å². The van der Waals surface area contributed by atoms with Gasteiger partial charge in [-0.25, -0.2) is 4.39 Å². The molecule has 94 valence electrons. The summed E-state index contributed by atoms with van der Waals surface area (Å²) < 4.78 is 12.8. The van der Waals surface area contributed by atoms with Crippen LogP contribution in [0.3, 0.4) is 0 Å². The zero-order valence-electron chi connectivity index (χ0n) is 10.5. The zero-order chi connectivity index (χ0) is 12.3. The van der Waals surface area contributed by atoms with Gasteiger partial charge in [-0.1, -0.05) is 0 Å². The molecule has 1 aliphatic heterocycles. The molecule has 1 aromatic rings. The van der Waals surface area contributed by atoms with E-state index in [0.29, 0.717) is 6.04 Å². The van der Waals surface area contributed by atoms with Gasteiger partial charge in [0, 0.05) is 18.6 Å². The molecular weight excluding hydrogens is 217 g/mol. The minimum absolute atomic E-state index is 0.220. The zero-order valence-corrected chi connectivity index (χ0v) is 10.5. The number of pyridine rings is 1. The summed E-state index contributed by atoms with van der Waals surface area (Å²) in [6.07, 6.45) is 3.79. The maximum Gasteiger partial charge on any atom is 0.141 e. The fourth-order valence-electron chi connectivity index (χ4n) is 2.28. The summed E-state index contributed by atoms with van der Waals surface area (Å²) in [4.78, 5) is 6.40. The number of rotatable bonds is 4. The first-order chi connectivity index (χ1) is 8.16. The van der Waals surface area contributed by atoms with Crippen LogP contribution in [-0.4, -0.2) is 36.1 Å². The molecule has 17 heavy (non-hydrogen) atoms. The summed E-state index contributed by atoms with van der Waals surface area (Å²) in [5, 5.41) is 3.48. The molecule has 0 amide bonds. The van der Waals surface area contributed by atoms with Crippen LogP contribution in [0, 0.1) is 5.82 Å². The Labute approximate surface area is 102 Å². The molecule has 1 aromatic heterocycles. The number of halogens is 1. The van der Waals surface area contributed by atoms with E-state index in [1.165, 1.54) is 25.1 Å². The fourth-order valence-corrected chi connectivity index (χ4v) is 2.28. The van der Waals surface area contributed by atoms with Crippen LogP contribution in [0.25, 0.3) is 0 Å². The van der Waals surface area contributed by atoms with Gasteiger partial charge in [0.2, 0.25) is 0 Å². The van der Waals surface area contributed by atoms with Crippen molar-refractivity contribution in [3.05, 3.63) is 29.8 Å². The van der Waals surface area contributed by atoms with Gasteiger partial charge in [-0.15, -0.1) is 0 Å². The molecule has 2 unspecified atom stereocenters. The van der Waals surface area contributed by atoms with Crippen LogP contribution in [0.4, 0.5) is 4.39 Å². The lowest BCUT2D eigenvalue weighted by Crippen LogP contribution is -2.36. The fraction of sp³-hybridized carbons (Fsp3) is 0.615. The van der Waals surface area contributed by atoms with Crippen molar-refractivity contribution in [1.29, 1.82) is 0 Å². The van der Waals surface area contributed by atoms with Crippen molar-refractivity contribution in [3.8, 4) is 0 Å². The highest BCUT2D eigenvalue weighted by Gasteiger charge is 2.20. The van der Waals surface area contributed by atoms with Gasteiger partial charge in [-0.2, -0.15) is 0 Å².